The highest BCUT2D eigenvalue weighted by Gasteiger charge is 2.40. The molecule has 1 aliphatic rings. The van der Waals surface area contributed by atoms with E-state index >= 15 is 0 Å². The summed E-state index contributed by atoms with van der Waals surface area (Å²) >= 11 is 0. The fourth-order valence-electron chi connectivity index (χ4n) is 6.35. The lowest BCUT2D eigenvalue weighted by Gasteiger charge is -2.36. The predicted molar refractivity (Wildman–Crippen MR) is 155 cm³/mol. The molecule has 0 saturated heterocycles. The van der Waals surface area contributed by atoms with E-state index < -0.39 is 24.4 Å². The molecule has 214 valence electrons. The Hall–Kier alpha value is -3.85. The number of benzene rings is 1. The number of pyridine rings is 2. The maximum absolute atomic E-state index is 14.5. The number of alkyl halides is 2. The molecule has 1 saturated carbocycles. The van der Waals surface area contributed by atoms with Crippen LogP contribution in [0.2, 0.25) is 0 Å². The number of nitrogens with zero attached hydrogens (tertiary/aromatic N) is 5. The first-order valence-electron chi connectivity index (χ1n) is 15.3. The van der Waals surface area contributed by atoms with Crippen molar-refractivity contribution in [1.29, 1.82) is 0 Å². The standard InChI is InChI=1S/C32H35F2N5O2/c1-19-27(38(4)18-37-19)22-15-24-26(35-16-22)25-29(23(31(2,3)40)17-36-30(25)41-5)39(24)28(20-9-7-6-8-10-20)21-11-13-32(33,34)14-12-21/h6-10,15-18,21,28,40H,11-14H2,1-5H3/i1D3. The molecule has 1 unspecified atom stereocenters. The van der Waals surface area contributed by atoms with Crippen molar-refractivity contribution >= 4 is 21.9 Å². The number of aromatic nitrogens is 5. The number of halogens is 2. The number of methoxy groups -OCH3 is 1. The molecule has 4 aromatic heterocycles. The third-order valence-electron chi connectivity index (χ3n) is 8.31. The van der Waals surface area contributed by atoms with E-state index in [2.05, 4.69) is 14.5 Å². The Bertz CT molecular complexity index is 1830. The van der Waals surface area contributed by atoms with Crippen molar-refractivity contribution in [2.24, 2.45) is 13.0 Å². The molecule has 0 radical (unpaired) electrons. The summed E-state index contributed by atoms with van der Waals surface area (Å²) in [4.78, 5) is 13.6. The molecule has 5 aromatic rings. The average molecular weight is 563 g/mol. The van der Waals surface area contributed by atoms with Crippen LogP contribution in [0, 0.1) is 12.8 Å². The lowest BCUT2D eigenvalue weighted by molar-refractivity contribution is -0.0493. The van der Waals surface area contributed by atoms with Gasteiger partial charge in [-0.1, -0.05) is 30.3 Å². The summed E-state index contributed by atoms with van der Waals surface area (Å²) in [6.07, 6.45) is 4.81. The Morgan fingerprint density at radius 2 is 1.85 bits per heavy atom. The smallest absolute Gasteiger partial charge is 0.248 e. The van der Waals surface area contributed by atoms with E-state index in [1.165, 1.54) is 13.4 Å². The fraction of sp³-hybridized carbons (Fsp3) is 0.406. The quantitative estimate of drug-likeness (QED) is 0.242. The van der Waals surface area contributed by atoms with Gasteiger partial charge in [0, 0.05) is 47.5 Å². The van der Waals surface area contributed by atoms with Crippen molar-refractivity contribution in [2.45, 2.75) is 63.9 Å². The summed E-state index contributed by atoms with van der Waals surface area (Å²) in [5, 5.41) is 12.0. The van der Waals surface area contributed by atoms with Crippen molar-refractivity contribution in [3.05, 3.63) is 71.9 Å². The van der Waals surface area contributed by atoms with Crippen molar-refractivity contribution in [3.8, 4) is 17.1 Å². The first-order valence-corrected chi connectivity index (χ1v) is 13.8. The van der Waals surface area contributed by atoms with E-state index in [4.69, 9.17) is 13.8 Å². The minimum absolute atomic E-state index is 0.0469. The molecule has 1 aromatic carbocycles. The Morgan fingerprint density at radius 1 is 1.12 bits per heavy atom. The molecule has 6 rings (SSSR count). The van der Waals surface area contributed by atoms with Crippen LogP contribution >= 0.6 is 0 Å². The molecule has 7 nitrogen and oxygen atoms in total. The first kappa shape index (κ1) is 23.8. The van der Waals surface area contributed by atoms with E-state index in [0.29, 0.717) is 57.5 Å². The van der Waals surface area contributed by atoms with Crippen LogP contribution in [0.15, 0.2) is 55.1 Å². The molecule has 0 amide bonds. The molecule has 9 heteroatoms. The van der Waals surface area contributed by atoms with Gasteiger partial charge in [0.25, 0.3) is 0 Å². The van der Waals surface area contributed by atoms with Gasteiger partial charge in [0.1, 0.15) is 5.52 Å². The molecule has 1 N–H and O–H groups in total. The lowest BCUT2D eigenvalue weighted by atomic mass is 9.79. The minimum Gasteiger partial charge on any atom is -0.480 e. The maximum atomic E-state index is 14.5. The van der Waals surface area contributed by atoms with Gasteiger partial charge >= 0.3 is 0 Å². The van der Waals surface area contributed by atoms with Gasteiger partial charge in [0.2, 0.25) is 11.8 Å². The summed E-state index contributed by atoms with van der Waals surface area (Å²) in [6, 6.07) is 11.2. The number of hydrogen-bond acceptors (Lipinski definition) is 5. The summed E-state index contributed by atoms with van der Waals surface area (Å²) in [5.74, 6) is -2.57. The van der Waals surface area contributed by atoms with E-state index in [9.17, 15) is 13.9 Å². The Kier molecular flexibility index (Phi) is 5.75. The van der Waals surface area contributed by atoms with Gasteiger partial charge in [-0.25, -0.2) is 18.7 Å². The molecular formula is C32H35F2N5O2. The van der Waals surface area contributed by atoms with Gasteiger partial charge in [0.05, 0.1) is 52.9 Å². The normalized spacial score (nSPS) is 18.3. The highest BCUT2D eigenvalue weighted by atomic mass is 19.3. The number of imidazole rings is 1. The monoisotopic (exact) mass is 562 g/mol. The molecule has 1 aliphatic carbocycles. The number of rotatable bonds is 6. The van der Waals surface area contributed by atoms with Gasteiger partial charge in [-0.2, -0.15) is 0 Å². The zero-order valence-electron chi connectivity index (χ0n) is 26.5. The molecule has 1 fully saturated rings. The van der Waals surface area contributed by atoms with Gasteiger partial charge in [-0.3, -0.25) is 4.98 Å². The summed E-state index contributed by atoms with van der Waals surface area (Å²) in [5.41, 5.74) is 2.82. The van der Waals surface area contributed by atoms with Gasteiger partial charge < -0.3 is 19.0 Å². The Balaban J connectivity index is 1.75. The zero-order valence-corrected chi connectivity index (χ0v) is 23.5. The van der Waals surface area contributed by atoms with Gasteiger partial charge in [-0.15, -0.1) is 0 Å². The third kappa shape index (κ3) is 4.66. The molecule has 0 bridgehead atoms. The predicted octanol–water partition coefficient (Wildman–Crippen LogP) is 6.94. The first-order chi connectivity index (χ1) is 20.7. The van der Waals surface area contributed by atoms with Crippen LogP contribution in [0.5, 0.6) is 5.88 Å². The topological polar surface area (TPSA) is 78.0 Å². The van der Waals surface area contributed by atoms with E-state index in [1.807, 2.05) is 36.4 Å². The van der Waals surface area contributed by atoms with Crippen molar-refractivity contribution in [2.75, 3.05) is 7.11 Å². The molecule has 41 heavy (non-hydrogen) atoms. The van der Waals surface area contributed by atoms with Gasteiger partial charge in [-0.05, 0) is 51.1 Å². The highest BCUT2D eigenvalue weighted by Crippen LogP contribution is 2.48. The summed E-state index contributed by atoms with van der Waals surface area (Å²) < 4.78 is 62.6. The zero-order chi connectivity index (χ0) is 31.6. The van der Waals surface area contributed by atoms with Crippen LogP contribution in [0.1, 0.15) is 66.5 Å². The van der Waals surface area contributed by atoms with Crippen LogP contribution in [0.3, 0.4) is 0 Å². The van der Waals surface area contributed by atoms with Crippen LogP contribution in [0.4, 0.5) is 8.78 Å². The summed E-state index contributed by atoms with van der Waals surface area (Å²) in [7, 11) is 3.24. The molecule has 0 spiro atoms. The largest absolute Gasteiger partial charge is 0.480 e. The molecule has 4 heterocycles. The second-order valence-electron chi connectivity index (χ2n) is 11.5. The second kappa shape index (κ2) is 9.91. The van der Waals surface area contributed by atoms with E-state index in [0.717, 1.165) is 5.56 Å². The second-order valence-corrected chi connectivity index (χ2v) is 11.5. The lowest BCUT2D eigenvalue weighted by Crippen LogP contribution is -2.31. The maximum Gasteiger partial charge on any atom is 0.248 e. The summed E-state index contributed by atoms with van der Waals surface area (Å²) in [6.45, 7) is 0.890. The number of hydrogen-bond donors (Lipinski definition) is 1. The minimum atomic E-state index is -2.72. The van der Waals surface area contributed by atoms with Crippen LogP contribution in [-0.4, -0.2) is 42.2 Å². The number of aliphatic hydroxyl groups is 1. The van der Waals surface area contributed by atoms with Crippen molar-refractivity contribution < 1.29 is 22.7 Å². The average Bonchev–Trinajstić information content (AvgIpc) is 3.52. The fourth-order valence-corrected chi connectivity index (χ4v) is 6.35. The highest BCUT2D eigenvalue weighted by molar-refractivity contribution is 6.10. The van der Waals surface area contributed by atoms with Gasteiger partial charge in [0.15, 0.2) is 0 Å². The Labute approximate surface area is 242 Å². The third-order valence-corrected chi connectivity index (χ3v) is 8.31. The number of ether oxygens (including phenoxy) is 1. The van der Waals surface area contributed by atoms with Crippen LogP contribution < -0.4 is 4.74 Å². The SMILES string of the molecule is [2H]C([2H])([2H])c1ncn(C)c1-c1cnc2c3c(OC)ncc(C(C)(C)O)c3n(C(c3ccccc3)C3CCC(F)(F)CC3)c2c1. The Morgan fingerprint density at radius 3 is 2.51 bits per heavy atom. The van der Waals surface area contributed by atoms with Crippen molar-refractivity contribution in [3.63, 3.8) is 0 Å². The molecule has 0 aliphatic heterocycles. The van der Waals surface area contributed by atoms with Crippen LogP contribution in [-0.2, 0) is 12.6 Å². The van der Waals surface area contributed by atoms with Crippen molar-refractivity contribution in [1.82, 2.24) is 24.1 Å². The molecular weight excluding hydrogens is 524 g/mol. The number of fused-ring (bicyclic) bond motifs is 3. The van der Waals surface area contributed by atoms with E-state index in [1.54, 1.807) is 37.9 Å². The van der Waals surface area contributed by atoms with Crippen LogP contribution in [0.25, 0.3) is 33.2 Å². The molecule has 1 atom stereocenters. The number of aryl methyl sites for hydroxylation is 2. The van der Waals surface area contributed by atoms with E-state index in [-0.39, 0.29) is 24.5 Å².